The summed E-state index contributed by atoms with van der Waals surface area (Å²) in [5, 5.41) is 4.78. The van der Waals surface area contributed by atoms with Crippen molar-refractivity contribution < 1.29 is 23.8 Å². The molecule has 1 aromatic heterocycles. The fourth-order valence-electron chi connectivity index (χ4n) is 4.08. The number of carbonyl (C=O) groups is 2. The summed E-state index contributed by atoms with van der Waals surface area (Å²) in [4.78, 5) is 30.5. The Kier molecular flexibility index (Phi) is 7.78. The Morgan fingerprint density at radius 1 is 0.800 bits per heavy atom. The molecule has 0 aliphatic carbocycles. The first-order valence-corrected chi connectivity index (χ1v) is 12.4. The zero-order valence-corrected chi connectivity index (χ0v) is 21.8. The molecule has 0 aliphatic heterocycles. The number of rotatable bonds is 8. The standard InChI is InChI=1S/C32H25N3O5/c1-38-24-14-15-27-25(18-24)26(19-28(34-27)22-9-5-3-6-10-22)31(36)35-33-20-21-13-16-29(30(17-21)39-2)40-32(37)23-11-7-4-8-12-23/h3-20H,1-2H3,(H,35,36). The number of aromatic nitrogens is 1. The minimum Gasteiger partial charge on any atom is -0.497 e. The van der Waals surface area contributed by atoms with Crippen LogP contribution in [-0.4, -0.2) is 37.3 Å². The Balaban J connectivity index is 1.37. The van der Waals surface area contributed by atoms with Crippen LogP contribution in [0.25, 0.3) is 22.2 Å². The van der Waals surface area contributed by atoms with Gasteiger partial charge in [-0.2, -0.15) is 5.10 Å². The quantitative estimate of drug-likeness (QED) is 0.116. The first-order valence-electron chi connectivity index (χ1n) is 12.4. The van der Waals surface area contributed by atoms with Gasteiger partial charge in [-0.05, 0) is 60.2 Å². The molecule has 0 saturated carbocycles. The number of methoxy groups -OCH3 is 2. The molecule has 0 spiro atoms. The van der Waals surface area contributed by atoms with Crippen molar-refractivity contribution in [2.45, 2.75) is 0 Å². The van der Waals surface area contributed by atoms with Gasteiger partial charge >= 0.3 is 5.97 Å². The summed E-state index contributed by atoms with van der Waals surface area (Å²) in [5.41, 5.74) is 6.26. The Labute approximate surface area is 230 Å². The van der Waals surface area contributed by atoms with E-state index < -0.39 is 11.9 Å². The molecule has 40 heavy (non-hydrogen) atoms. The number of nitrogens with zero attached hydrogens (tertiary/aromatic N) is 2. The molecule has 5 aromatic rings. The summed E-state index contributed by atoms with van der Waals surface area (Å²) in [6.07, 6.45) is 1.48. The Bertz CT molecular complexity index is 1700. The third-order valence-corrected chi connectivity index (χ3v) is 6.11. The van der Waals surface area contributed by atoms with Gasteiger partial charge in [0.25, 0.3) is 5.91 Å². The van der Waals surface area contributed by atoms with E-state index >= 15 is 0 Å². The lowest BCUT2D eigenvalue weighted by molar-refractivity contribution is 0.0729. The first-order chi connectivity index (χ1) is 19.6. The number of hydrogen-bond donors (Lipinski definition) is 1. The molecule has 5 rings (SSSR count). The minimum absolute atomic E-state index is 0.267. The summed E-state index contributed by atoms with van der Waals surface area (Å²) in [7, 11) is 3.05. The largest absolute Gasteiger partial charge is 0.497 e. The molecular weight excluding hydrogens is 506 g/mol. The van der Waals surface area contributed by atoms with E-state index in [1.807, 2.05) is 42.5 Å². The lowest BCUT2D eigenvalue weighted by Crippen LogP contribution is -2.18. The van der Waals surface area contributed by atoms with Crippen LogP contribution in [0.5, 0.6) is 17.2 Å². The molecule has 0 fully saturated rings. The molecular formula is C32H25N3O5. The lowest BCUT2D eigenvalue weighted by Gasteiger charge is -2.11. The van der Waals surface area contributed by atoms with Crippen LogP contribution in [0.2, 0.25) is 0 Å². The van der Waals surface area contributed by atoms with Crippen LogP contribution < -0.4 is 19.6 Å². The minimum atomic E-state index is -0.497. The maximum Gasteiger partial charge on any atom is 0.343 e. The van der Waals surface area contributed by atoms with E-state index in [-0.39, 0.29) is 5.75 Å². The highest BCUT2D eigenvalue weighted by molar-refractivity contribution is 6.07. The molecule has 0 saturated heterocycles. The lowest BCUT2D eigenvalue weighted by atomic mass is 10.0. The number of hydrogen-bond acceptors (Lipinski definition) is 7. The van der Waals surface area contributed by atoms with E-state index in [0.717, 1.165) is 5.56 Å². The average Bonchev–Trinajstić information content (AvgIpc) is 3.01. The van der Waals surface area contributed by atoms with Crippen LogP contribution >= 0.6 is 0 Å². The molecule has 0 unspecified atom stereocenters. The van der Waals surface area contributed by atoms with Crippen molar-refractivity contribution in [2.75, 3.05) is 14.2 Å². The van der Waals surface area contributed by atoms with Crippen molar-refractivity contribution in [3.05, 3.63) is 120 Å². The smallest absolute Gasteiger partial charge is 0.343 e. The molecule has 0 bridgehead atoms. The average molecular weight is 532 g/mol. The number of amides is 1. The number of nitrogens with one attached hydrogen (secondary N) is 1. The Morgan fingerprint density at radius 2 is 1.55 bits per heavy atom. The molecule has 0 radical (unpaired) electrons. The van der Waals surface area contributed by atoms with Crippen LogP contribution in [-0.2, 0) is 0 Å². The second kappa shape index (κ2) is 11.9. The van der Waals surface area contributed by atoms with Gasteiger partial charge in [0.1, 0.15) is 5.75 Å². The molecule has 1 heterocycles. The van der Waals surface area contributed by atoms with Crippen molar-refractivity contribution in [1.29, 1.82) is 0 Å². The van der Waals surface area contributed by atoms with Gasteiger partial charge in [-0.3, -0.25) is 4.79 Å². The maximum absolute atomic E-state index is 13.3. The summed E-state index contributed by atoms with van der Waals surface area (Å²) >= 11 is 0. The van der Waals surface area contributed by atoms with Crippen LogP contribution in [0.4, 0.5) is 0 Å². The van der Waals surface area contributed by atoms with Crippen molar-refractivity contribution in [3.63, 3.8) is 0 Å². The van der Waals surface area contributed by atoms with Gasteiger partial charge in [-0.25, -0.2) is 15.2 Å². The van der Waals surface area contributed by atoms with Crippen LogP contribution in [0, 0.1) is 0 Å². The van der Waals surface area contributed by atoms with Crippen molar-refractivity contribution in [3.8, 4) is 28.5 Å². The molecule has 8 nitrogen and oxygen atoms in total. The number of esters is 1. The number of benzene rings is 4. The highest BCUT2D eigenvalue weighted by atomic mass is 16.6. The Morgan fingerprint density at radius 3 is 2.27 bits per heavy atom. The monoisotopic (exact) mass is 531 g/mol. The second-order valence-corrected chi connectivity index (χ2v) is 8.67. The predicted molar refractivity (Wildman–Crippen MR) is 153 cm³/mol. The SMILES string of the molecule is COc1ccc2nc(-c3ccccc3)cc(C(=O)NN=Cc3ccc(OC(=O)c4ccccc4)c(OC)c3)c2c1. The summed E-state index contributed by atoms with van der Waals surface area (Å²) in [5.74, 6) is 0.319. The normalized spacial score (nSPS) is 10.8. The molecule has 0 atom stereocenters. The number of fused-ring (bicyclic) bond motifs is 1. The van der Waals surface area contributed by atoms with Crippen LogP contribution in [0.3, 0.4) is 0 Å². The fraction of sp³-hybridized carbons (Fsp3) is 0.0625. The van der Waals surface area contributed by atoms with Gasteiger partial charge in [-0.15, -0.1) is 0 Å². The van der Waals surface area contributed by atoms with E-state index in [2.05, 4.69) is 10.5 Å². The van der Waals surface area contributed by atoms with E-state index in [4.69, 9.17) is 19.2 Å². The van der Waals surface area contributed by atoms with Gasteiger partial charge in [0.15, 0.2) is 11.5 Å². The third kappa shape index (κ3) is 5.81. The number of pyridine rings is 1. The molecule has 0 aliphatic rings. The highest BCUT2D eigenvalue weighted by Gasteiger charge is 2.15. The van der Waals surface area contributed by atoms with E-state index in [1.54, 1.807) is 67.8 Å². The molecule has 1 N–H and O–H groups in total. The van der Waals surface area contributed by atoms with Crippen LogP contribution in [0.1, 0.15) is 26.3 Å². The van der Waals surface area contributed by atoms with Gasteiger partial charge in [-0.1, -0.05) is 48.5 Å². The topological polar surface area (TPSA) is 99.1 Å². The van der Waals surface area contributed by atoms with Crippen molar-refractivity contribution in [1.82, 2.24) is 10.4 Å². The van der Waals surface area contributed by atoms with Crippen molar-refractivity contribution >= 4 is 29.0 Å². The summed E-state index contributed by atoms with van der Waals surface area (Å²) in [6.45, 7) is 0. The van der Waals surface area contributed by atoms with Gasteiger partial charge in [0.2, 0.25) is 0 Å². The highest BCUT2D eigenvalue weighted by Crippen LogP contribution is 2.29. The predicted octanol–water partition coefficient (Wildman–Crippen LogP) is 5.90. The Hall–Kier alpha value is -5.50. The number of carbonyl (C=O) groups excluding carboxylic acids is 2. The van der Waals surface area contributed by atoms with Crippen LogP contribution in [0.15, 0.2) is 108 Å². The van der Waals surface area contributed by atoms with E-state index in [1.165, 1.54) is 13.3 Å². The van der Waals surface area contributed by atoms with E-state index in [0.29, 0.717) is 44.8 Å². The zero-order chi connectivity index (χ0) is 27.9. The molecule has 198 valence electrons. The number of hydrazone groups is 1. The number of ether oxygens (including phenoxy) is 3. The maximum atomic E-state index is 13.3. The second-order valence-electron chi connectivity index (χ2n) is 8.67. The van der Waals surface area contributed by atoms with E-state index in [9.17, 15) is 9.59 Å². The van der Waals surface area contributed by atoms with Crippen molar-refractivity contribution in [2.24, 2.45) is 5.10 Å². The summed E-state index contributed by atoms with van der Waals surface area (Å²) in [6, 6.07) is 30.4. The summed E-state index contributed by atoms with van der Waals surface area (Å²) < 4.78 is 16.2. The first kappa shape index (κ1) is 26.1. The molecule has 8 heteroatoms. The molecule has 4 aromatic carbocycles. The zero-order valence-electron chi connectivity index (χ0n) is 21.8. The third-order valence-electron chi connectivity index (χ3n) is 6.11. The van der Waals surface area contributed by atoms with Gasteiger partial charge in [0, 0.05) is 10.9 Å². The van der Waals surface area contributed by atoms with Gasteiger partial charge < -0.3 is 14.2 Å². The molecule has 1 amide bonds. The van der Waals surface area contributed by atoms with Gasteiger partial charge in [0.05, 0.1) is 42.8 Å². The fourth-order valence-corrected chi connectivity index (χ4v) is 4.08.